The summed E-state index contributed by atoms with van der Waals surface area (Å²) in [6, 6.07) is -0.253. The molecule has 0 aromatic rings. The number of carbonyl (C=O) groups is 2. The molecular weight excluding hydrogens is 120 g/mol. The third kappa shape index (κ3) is 4.80. The molecule has 0 aromatic carbocycles. The van der Waals surface area contributed by atoms with Crippen molar-refractivity contribution < 1.29 is 9.59 Å². The zero-order chi connectivity index (χ0) is 7.11. The molecule has 9 heavy (non-hydrogen) atoms. The van der Waals surface area contributed by atoms with E-state index in [1.54, 1.807) is 0 Å². The van der Waals surface area contributed by atoms with Gasteiger partial charge in [-0.1, -0.05) is 0 Å². The standard InChI is InChI=1S/C5H10N2O2/c1-6-5(9)7-3-2-4-8/h4H,2-3H2,1H3,(H2,6,7,9). The van der Waals surface area contributed by atoms with Crippen LogP contribution in [-0.4, -0.2) is 25.9 Å². The van der Waals surface area contributed by atoms with Gasteiger partial charge in [-0.25, -0.2) is 4.79 Å². The van der Waals surface area contributed by atoms with E-state index in [1.807, 2.05) is 0 Å². The van der Waals surface area contributed by atoms with Gasteiger partial charge in [-0.15, -0.1) is 0 Å². The molecule has 0 aromatic heterocycles. The second-order valence-corrected chi connectivity index (χ2v) is 1.46. The number of rotatable bonds is 3. The Kier molecular flexibility index (Phi) is 4.49. The highest BCUT2D eigenvalue weighted by Gasteiger charge is 1.90. The highest BCUT2D eigenvalue weighted by Crippen LogP contribution is 1.66. The van der Waals surface area contributed by atoms with Gasteiger partial charge in [0.15, 0.2) is 0 Å². The Balaban J connectivity index is 3.06. The molecule has 52 valence electrons. The minimum Gasteiger partial charge on any atom is -0.341 e. The number of carbonyl (C=O) groups excluding carboxylic acids is 2. The van der Waals surface area contributed by atoms with Crippen LogP contribution in [0.3, 0.4) is 0 Å². The van der Waals surface area contributed by atoms with Gasteiger partial charge in [-0.05, 0) is 0 Å². The summed E-state index contributed by atoms with van der Waals surface area (Å²) in [5.74, 6) is 0. The Hall–Kier alpha value is -1.06. The van der Waals surface area contributed by atoms with Crippen LogP contribution < -0.4 is 10.6 Å². The molecule has 0 aliphatic carbocycles. The lowest BCUT2D eigenvalue weighted by atomic mass is 10.5. The van der Waals surface area contributed by atoms with E-state index in [-0.39, 0.29) is 6.03 Å². The van der Waals surface area contributed by atoms with Gasteiger partial charge in [0.25, 0.3) is 0 Å². The molecule has 0 aliphatic rings. The fraction of sp³-hybridized carbons (Fsp3) is 0.600. The third-order valence-electron chi connectivity index (χ3n) is 0.775. The molecule has 0 radical (unpaired) electrons. The fourth-order valence-electron chi connectivity index (χ4n) is 0.333. The van der Waals surface area contributed by atoms with Crippen molar-refractivity contribution in [3.63, 3.8) is 0 Å². The topological polar surface area (TPSA) is 58.2 Å². The zero-order valence-electron chi connectivity index (χ0n) is 5.31. The maximum absolute atomic E-state index is 10.3. The number of urea groups is 1. The molecule has 0 rings (SSSR count). The van der Waals surface area contributed by atoms with Crippen molar-refractivity contribution in [2.75, 3.05) is 13.6 Å². The first-order chi connectivity index (χ1) is 4.31. The second-order valence-electron chi connectivity index (χ2n) is 1.46. The van der Waals surface area contributed by atoms with Crippen molar-refractivity contribution in [1.29, 1.82) is 0 Å². The molecule has 0 bridgehead atoms. The monoisotopic (exact) mass is 130 g/mol. The van der Waals surface area contributed by atoms with Gasteiger partial charge in [-0.3, -0.25) is 0 Å². The minimum absolute atomic E-state index is 0.253. The normalized spacial score (nSPS) is 8.11. The SMILES string of the molecule is CNC(=O)NCCC=O. The summed E-state index contributed by atoms with van der Waals surface area (Å²) in [4.78, 5) is 20.1. The lowest BCUT2D eigenvalue weighted by Gasteiger charge is -1.98. The molecule has 2 N–H and O–H groups in total. The second kappa shape index (κ2) is 5.08. The summed E-state index contributed by atoms with van der Waals surface area (Å²) < 4.78 is 0. The van der Waals surface area contributed by atoms with E-state index >= 15 is 0 Å². The highest BCUT2D eigenvalue weighted by molar-refractivity contribution is 5.73. The van der Waals surface area contributed by atoms with Crippen molar-refractivity contribution in [1.82, 2.24) is 10.6 Å². The van der Waals surface area contributed by atoms with Crippen LogP contribution in [0.1, 0.15) is 6.42 Å². The lowest BCUT2D eigenvalue weighted by Crippen LogP contribution is -2.33. The third-order valence-corrected chi connectivity index (χ3v) is 0.775. The number of aldehydes is 1. The predicted octanol–water partition coefficient (Wildman–Crippen LogP) is -0.496. The van der Waals surface area contributed by atoms with E-state index in [0.717, 1.165) is 6.29 Å². The van der Waals surface area contributed by atoms with Gasteiger partial charge in [0.05, 0.1) is 0 Å². The predicted molar refractivity (Wildman–Crippen MR) is 33.1 cm³/mol. The van der Waals surface area contributed by atoms with Crippen molar-refractivity contribution in [3.05, 3.63) is 0 Å². The zero-order valence-corrected chi connectivity index (χ0v) is 5.31. The minimum atomic E-state index is -0.253. The molecule has 0 heterocycles. The van der Waals surface area contributed by atoms with E-state index in [9.17, 15) is 9.59 Å². The average Bonchev–Trinajstić information content (AvgIpc) is 1.89. The van der Waals surface area contributed by atoms with Crippen LogP contribution in [0.25, 0.3) is 0 Å². The largest absolute Gasteiger partial charge is 0.341 e. The molecule has 0 aliphatic heterocycles. The van der Waals surface area contributed by atoms with Gasteiger partial charge >= 0.3 is 6.03 Å². The maximum Gasteiger partial charge on any atom is 0.314 e. The van der Waals surface area contributed by atoms with Crippen molar-refractivity contribution in [2.24, 2.45) is 0 Å². The van der Waals surface area contributed by atoms with Gasteiger partial charge in [0.2, 0.25) is 0 Å². The fourth-order valence-corrected chi connectivity index (χ4v) is 0.333. The van der Waals surface area contributed by atoms with Crippen LogP contribution in [0, 0.1) is 0 Å². The van der Waals surface area contributed by atoms with Crippen LogP contribution in [0.5, 0.6) is 0 Å². The molecular formula is C5H10N2O2. The molecule has 2 amide bonds. The molecule has 0 saturated heterocycles. The number of amides is 2. The van der Waals surface area contributed by atoms with E-state index in [0.29, 0.717) is 13.0 Å². The molecule has 4 nitrogen and oxygen atoms in total. The van der Waals surface area contributed by atoms with Crippen LogP contribution in [0.2, 0.25) is 0 Å². The number of hydrogen-bond acceptors (Lipinski definition) is 2. The quantitative estimate of drug-likeness (QED) is 0.400. The van der Waals surface area contributed by atoms with Crippen LogP contribution >= 0.6 is 0 Å². The molecule has 0 saturated carbocycles. The summed E-state index contributed by atoms with van der Waals surface area (Å²) in [7, 11) is 1.52. The van der Waals surface area contributed by atoms with Gasteiger partial charge < -0.3 is 15.4 Å². The van der Waals surface area contributed by atoms with E-state index < -0.39 is 0 Å². The van der Waals surface area contributed by atoms with Crippen molar-refractivity contribution >= 4 is 12.3 Å². The Morgan fingerprint density at radius 1 is 1.67 bits per heavy atom. The first-order valence-corrected chi connectivity index (χ1v) is 2.70. The van der Waals surface area contributed by atoms with E-state index in [4.69, 9.17) is 0 Å². The summed E-state index contributed by atoms with van der Waals surface area (Å²) in [6.07, 6.45) is 1.13. The van der Waals surface area contributed by atoms with E-state index in [2.05, 4.69) is 10.6 Å². The van der Waals surface area contributed by atoms with Gasteiger partial charge in [-0.2, -0.15) is 0 Å². The van der Waals surface area contributed by atoms with Crippen LogP contribution in [0.4, 0.5) is 4.79 Å². The smallest absolute Gasteiger partial charge is 0.314 e. The van der Waals surface area contributed by atoms with E-state index in [1.165, 1.54) is 7.05 Å². The highest BCUT2D eigenvalue weighted by atomic mass is 16.2. The first-order valence-electron chi connectivity index (χ1n) is 2.70. The van der Waals surface area contributed by atoms with Gasteiger partial charge in [0, 0.05) is 20.0 Å². The number of hydrogen-bond donors (Lipinski definition) is 2. The lowest BCUT2D eigenvalue weighted by molar-refractivity contribution is -0.107. The summed E-state index contributed by atoms with van der Waals surface area (Å²) >= 11 is 0. The Morgan fingerprint density at radius 3 is 2.78 bits per heavy atom. The summed E-state index contributed by atoms with van der Waals surface area (Å²) in [6.45, 7) is 0.406. The Labute approximate surface area is 53.6 Å². The number of nitrogens with one attached hydrogen (secondary N) is 2. The average molecular weight is 130 g/mol. The molecule has 0 atom stereocenters. The maximum atomic E-state index is 10.3. The summed E-state index contributed by atoms with van der Waals surface area (Å²) in [5, 5.41) is 4.81. The Morgan fingerprint density at radius 2 is 2.33 bits per heavy atom. The molecule has 4 heteroatoms. The van der Waals surface area contributed by atoms with Crippen LogP contribution in [-0.2, 0) is 4.79 Å². The molecule has 0 fully saturated rings. The van der Waals surface area contributed by atoms with Crippen LogP contribution in [0.15, 0.2) is 0 Å². The molecule has 0 unspecified atom stereocenters. The van der Waals surface area contributed by atoms with Crippen molar-refractivity contribution in [2.45, 2.75) is 6.42 Å². The van der Waals surface area contributed by atoms with Gasteiger partial charge in [0.1, 0.15) is 6.29 Å². The van der Waals surface area contributed by atoms with Crippen molar-refractivity contribution in [3.8, 4) is 0 Å². The Bertz CT molecular complexity index is 103. The summed E-state index contributed by atoms with van der Waals surface area (Å²) in [5.41, 5.74) is 0. The first kappa shape index (κ1) is 7.94. The molecule has 0 spiro atoms.